The number of carbonyl (C=O) groups is 2. The summed E-state index contributed by atoms with van der Waals surface area (Å²) in [5, 5.41) is 0. The molecule has 0 bridgehead atoms. The number of rotatable bonds is 6. The van der Waals surface area contributed by atoms with Crippen molar-refractivity contribution in [2.24, 2.45) is 0 Å². The lowest BCUT2D eigenvalue weighted by molar-refractivity contribution is -0.138. The number of esters is 1. The van der Waals surface area contributed by atoms with Crippen molar-refractivity contribution < 1.29 is 36.6 Å². The van der Waals surface area contributed by atoms with Gasteiger partial charge >= 0.3 is 5.97 Å². The van der Waals surface area contributed by atoms with Crippen LogP contribution < -0.4 is 0 Å². The Labute approximate surface area is 129 Å². The lowest BCUT2D eigenvalue weighted by Crippen LogP contribution is -2.20. The highest BCUT2D eigenvalue weighted by atomic mass is 19.2. The first-order chi connectivity index (χ1) is 10.8. The van der Waals surface area contributed by atoms with Gasteiger partial charge in [0.25, 0.3) is 0 Å². The number of benzene rings is 1. The molecule has 0 aliphatic heterocycles. The number of hydrogen-bond donors (Lipinski definition) is 0. The zero-order valence-electron chi connectivity index (χ0n) is 12.6. The third-order valence-electron chi connectivity index (χ3n) is 2.84. The van der Waals surface area contributed by atoms with Crippen molar-refractivity contribution in [3.8, 4) is 0 Å². The minimum Gasteiger partial charge on any atom is -0.500 e. The second kappa shape index (κ2) is 7.75. The van der Waals surface area contributed by atoms with Crippen LogP contribution in [0.3, 0.4) is 0 Å². The number of ketones is 1. The second-order valence-corrected chi connectivity index (χ2v) is 4.29. The quantitative estimate of drug-likeness (QED) is 0.0922. The Morgan fingerprint density at radius 3 is 2.04 bits per heavy atom. The highest BCUT2D eigenvalue weighted by Gasteiger charge is 2.31. The van der Waals surface area contributed by atoms with E-state index in [4.69, 9.17) is 4.74 Å². The molecule has 0 saturated carbocycles. The van der Waals surface area contributed by atoms with Gasteiger partial charge < -0.3 is 9.47 Å². The molecule has 0 N–H and O–H groups in total. The molecule has 1 rings (SSSR count). The largest absolute Gasteiger partial charge is 0.500 e. The van der Waals surface area contributed by atoms with Crippen molar-refractivity contribution in [3.63, 3.8) is 0 Å². The van der Waals surface area contributed by atoms with Gasteiger partial charge in [0.05, 0.1) is 18.8 Å². The molecule has 0 radical (unpaired) electrons. The fourth-order valence-corrected chi connectivity index (χ4v) is 1.72. The zero-order valence-corrected chi connectivity index (χ0v) is 12.6. The van der Waals surface area contributed by atoms with E-state index in [-0.39, 0.29) is 13.2 Å². The van der Waals surface area contributed by atoms with Crippen LogP contribution in [0.15, 0.2) is 11.8 Å². The predicted molar refractivity (Wildman–Crippen MR) is 71.7 cm³/mol. The topological polar surface area (TPSA) is 52.6 Å². The number of halogens is 4. The summed E-state index contributed by atoms with van der Waals surface area (Å²) in [7, 11) is 0. The highest BCUT2D eigenvalue weighted by Crippen LogP contribution is 2.26. The molecule has 0 atom stereocenters. The van der Waals surface area contributed by atoms with Gasteiger partial charge in [0.15, 0.2) is 23.3 Å². The fourth-order valence-electron chi connectivity index (χ4n) is 1.72. The lowest BCUT2D eigenvalue weighted by Gasteiger charge is -2.11. The van der Waals surface area contributed by atoms with Gasteiger partial charge in [0.1, 0.15) is 11.8 Å². The third kappa shape index (κ3) is 3.69. The Kier molecular flexibility index (Phi) is 6.29. The molecule has 0 amide bonds. The van der Waals surface area contributed by atoms with Gasteiger partial charge in [-0.15, -0.1) is 0 Å². The molecule has 0 unspecified atom stereocenters. The van der Waals surface area contributed by atoms with Gasteiger partial charge in [-0.1, -0.05) is 0 Å². The first kappa shape index (κ1) is 18.7. The van der Waals surface area contributed by atoms with E-state index in [0.29, 0.717) is 6.26 Å². The zero-order chi connectivity index (χ0) is 17.7. The molecular weight excluding hydrogens is 320 g/mol. The van der Waals surface area contributed by atoms with E-state index >= 15 is 0 Å². The summed E-state index contributed by atoms with van der Waals surface area (Å²) < 4.78 is 63.3. The first-order valence-corrected chi connectivity index (χ1v) is 6.63. The highest BCUT2D eigenvalue weighted by molar-refractivity contribution is 6.24. The molecule has 8 heteroatoms. The Balaban J connectivity index is 3.49. The summed E-state index contributed by atoms with van der Waals surface area (Å²) >= 11 is 0. The molecule has 0 aliphatic carbocycles. The van der Waals surface area contributed by atoms with E-state index in [1.807, 2.05) is 0 Å². The van der Waals surface area contributed by atoms with E-state index in [1.54, 1.807) is 6.92 Å². The van der Waals surface area contributed by atoms with Gasteiger partial charge in [-0.05, 0) is 20.8 Å². The predicted octanol–water partition coefficient (Wildman–Crippen LogP) is 3.22. The third-order valence-corrected chi connectivity index (χ3v) is 2.84. The average molecular weight is 334 g/mol. The summed E-state index contributed by atoms with van der Waals surface area (Å²) in [5.74, 6) is -10.3. The molecule has 1 aromatic rings. The number of carbonyl (C=O) groups excluding carboxylic acids is 2. The SMILES string of the molecule is CCO/C=C(\C(=O)OCC)C(=O)c1c(C)c(F)c(F)c(F)c1F. The summed E-state index contributed by atoms with van der Waals surface area (Å²) in [6, 6.07) is 0. The monoisotopic (exact) mass is 334 g/mol. The molecule has 23 heavy (non-hydrogen) atoms. The van der Waals surface area contributed by atoms with Gasteiger partial charge in [-0.3, -0.25) is 4.79 Å². The fraction of sp³-hybridized carbons (Fsp3) is 0.333. The van der Waals surface area contributed by atoms with Crippen molar-refractivity contribution in [3.05, 3.63) is 46.2 Å². The normalized spacial score (nSPS) is 11.3. The molecule has 0 saturated heterocycles. The summed E-state index contributed by atoms with van der Waals surface area (Å²) in [6.07, 6.45) is 0.707. The lowest BCUT2D eigenvalue weighted by atomic mass is 9.98. The number of Topliss-reactive ketones (excluding diaryl/α,β-unsaturated/α-hetero) is 1. The van der Waals surface area contributed by atoms with Crippen LogP contribution in [-0.4, -0.2) is 25.0 Å². The van der Waals surface area contributed by atoms with Crippen molar-refractivity contribution in [2.75, 3.05) is 13.2 Å². The Hall–Kier alpha value is -2.38. The van der Waals surface area contributed by atoms with Crippen LogP contribution in [0.4, 0.5) is 17.6 Å². The summed E-state index contributed by atoms with van der Waals surface area (Å²) in [5.41, 5.74) is -2.63. The Morgan fingerprint density at radius 2 is 1.52 bits per heavy atom. The standard InChI is InChI=1S/C15H14F4O4/c1-4-22-6-8(15(21)23-5-2)14(20)9-7(3)10(16)12(18)13(19)11(9)17/h6H,4-5H2,1-3H3/b8-6-. The molecule has 0 heterocycles. The van der Waals surface area contributed by atoms with Crippen LogP contribution >= 0.6 is 0 Å². The maximum Gasteiger partial charge on any atom is 0.345 e. The van der Waals surface area contributed by atoms with Crippen LogP contribution in [0, 0.1) is 30.2 Å². The summed E-state index contributed by atoms with van der Waals surface area (Å²) in [4.78, 5) is 24.0. The van der Waals surface area contributed by atoms with Crippen molar-refractivity contribution in [1.82, 2.24) is 0 Å². The molecular formula is C15H14F4O4. The summed E-state index contributed by atoms with van der Waals surface area (Å²) in [6.45, 7) is 3.88. The van der Waals surface area contributed by atoms with E-state index in [2.05, 4.69) is 4.74 Å². The molecule has 0 spiro atoms. The molecule has 126 valence electrons. The van der Waals surface area contributed by atoms with Crippen molar-refractivity contribution in [2.45, 2.75) is 20.8 Å². The van der Waals surface area contributed by atoms with Gasteiger partial charge in [-0.2, -0.15) is 0 Å². The molecule has 1 aromatic carbocycles. The van der Waals surface area contributed by atoms with Crippen molar-refractivity contribution in [1.29, 1.82) is 0 Å². The van der Waals surface area contributed by atoms with Crippen molar-refractivity contribution >= 4 is 11.8 Å². The molecule has 0 aromatic heterocycles. The maximum atomic E-state index is 13.9. The van der Waals surface area contributed by atoms with E-state index in [9.17, 15) is 27.2 Å². The van der Waals surface area contributed by atoms with Crippen LogP contribution in [0.1, 0.15) is 29.8 Å². The number of ether oxygens (including phenoxy) is 2. The van der Waals surface area contributed by atoms with Crippen LogP contribution in [0.25, 0.3) is 0 Å². The first-order valence-electron chi connectivity index (χ1n) is 6.63. The molecule has 0 fully saturated rings. The minimum atomic E-state index is -2.14. The molecule has 4 nitrogen and oxygen atoms in total. The van der Waals surface area contributed by atoms with Gasteiger partial charge in [-0.25, -0.2) is 22.4 Å². The van der Waals surface area contributed by atoms with E-state index in [1.165, 1.54) is 6.92 Å². The van der Waals surface area contributed by atoms with E-state index < -0.39 is 51.7 Å². The van der Waals surface area contributed by atoms with Crippen LogP contribution in [-0.2, 0) is 14.3 Å². The second-order valence-electron chi connectivity index (χ2n) is 4.29. The van der Waals surface area contributed by atoms with Gasteiger partial charge in [0, 0.05) is 5.56 Å². The Morgan fingerprint density at radius 1 is 0.957 bits per heavy atom. The van der Waals surface area contributed by atoms with Crippen LogP contribution in [0.5, 0.6) is 0 Å². The average Bonchev–Trinajstić information content (AvgIpc) is 2.52. The maximum absolute atomic E-state index is 13.9. The van der Waals surface area contributed by atoms with Gasteiger partial charge in [0.2, 0.25) is 5.78 Å². The smallest absolute Gasteiger partial charge is 0.345 e. The number of hydrogen-bond acceptors (Lipinski definition) is 4. The Bertz CT molecular complexity index is 639. The minimum absolute atomic E-state index is 0.0732. The van der Waals surface area contributed by atoms with E-state index in [0.717, 1.165) is 6.92 Å². The van der Waals surface area contributed by atoms with Crippen LogP contribution in [0.2, 0.25) is 0 Å². The molecule has 0 aliphatic rings.